The average molecular weight is 249 g/mol. The van der Waals surface area contributed by atoms with Gasteiger partial charge in [0.25, 0.3) is 0 Å². The van der Waals surface area contributed by atoms with Gasteiger partial charge in [-0.3, -0.25) is 0 Å². The monoisotopic (exact) mass is 249 g/mol. The summed E-state index contributed by atoms with van der Waals surface area (Å²) in [6.07, 6.45) is 1.73. The second kappa shape index (κ2) is 4.35. The molecule has 19 heavy (non-hydrogen) atoms. The number of aromatic nitrogens is 2. The Kier molecular flexibility index (Phi) is 2.67. The van der Waals surface area contributed by atoms with E-state index in [-0.39, 0.29) is 0 Å². The number of pyridine rings is 2. The minimum atomic E-state index is 0.528. The molecule has 3 nitrogen and oxygen atoms in total. The highest BCUT2D eigenvalue weighted by Gasteiger charge is 2.09. The van der Waals surface area contributed by atoms with Crippen LogP contribution in [-0.2, 0) is 0 Å². The molecule has 0 spiro atoms. The van der Waals surface area contributed by atoms with Gasteiger partial charge in [-0.25, -0.2) is 9.97 Å². The Bertz CT molecular complexity index is 763. The SMILES string of the molecule is Cc1ccc(C)c(-c2cc3cccnc3nc2N)c1. The van der Waals surface area contributed by atoms with Gasteiger partial charge >= 0.3 is 0 Å². The first-order valence-corrected chi connectivity index (χ1v) is 6.24. The standard InChI is InChI=1S/C16H15N3/c1-10-5-6-11(2)13(8-10)14-9-12-4-3-7-18-16(12)19-15(14)17/h3-9H,1-2H3,(H2,17,18,19). The van der Waals surface area contributed by atoms with Gasteiger partial charge in [-0.15, -0.1) is 0 Å². The zero-order valence-electron chi connectivity index (χ0n) is 11.0. The van der Waals surface area contributed by atoms with Crippen LogP contribution in [0.4, 0.5) is 5.82 Å². The summed E-state index contributed by atoms with van der Waals surface area (Å²) in [5.74, 6) is 0.528. The van der Waals surface area contributed by atoms with E-state index in [9.17, 15) is 0 Å². The van der Waals surface area contributed by atoms with Crippen molar-refractivity contribution >= 4 is 16.9 Å². The molecule has 3 heteroatoms. The molecule has 0 unspecified atom stereocenters. The number of rotatable bonds is 1. The summed E-state index contributed by atoms with van der Waals surface area (Å²) < 4.78 is 0. The fraction of sp³-hybridized carbons (Fsp3) is 0.125. The van der Waals surface area contributed by atoms with Crippen LogP contribution in [0.25, 0.3) is 22.2 Å². The lowest BCUT2D eigenvalue weighted by Gasteiger charge is -2.10. The lowest BCUT2D eigenvalue weighted by Crippen LogP contribution is -1.97. The first-order valence-electron chi connectivity index (χ1n) is 6.24. The molecular weight excluding hydrogens is 234 g/mol. The van der Waals surface area contributed by atoms with Crippen molar-refractivity contribution < 1.29 is 0 Å². The van der Waals surface area contributed by atoms with Crippen molar-refractivity contribution in [2.75, 3.05) is 5.73 Å². The van der Waals surface area contributed by atoms with Crippen molar-refractivity contribution in [2.24, 2.45) is 0 Å². The van der Waals surface area contributed by atoms with Crippen LogP contribution >= 0.6 is 0 Å². The van der Waals surface area contributed by atoms with E-state index in [0.717, 1.165) is 16.5 Å². The van der Waals surface area contributed by atoms with Crippen molar-refractivity contribution in [1.29, 1.82) is 0 Å². The lowest BCUT2D eigenvalue weighted by atomic mass is 9.98. The Labute approximate surface area is 112 Å². The molecule has 0 amide bonds. The molecule has 94 valence electrons. The predicted octanol–water partition coefficient (Wildman–Crippen LogP) is 3.50. The number of nitrogens with zero attached hydrogens (tertiary/aromatic N) is 2. The highest BCUT2D eigenvalue weighted by Crippen LogP contribution is 2.30. The maximum absolute atomic E-state index is 6.09. The number of benzene rings is 1. The van der Waals surface area contributed by atoms with Crippen molar-refractivity contribution in [3.05, 3.63) is 53.7 Å². The molecule has 0 radical (unpaired) electrons. The van der Waals surface area contributed by atoms with E-state index in [1.807, 2.05) is 12.1 Å². The predicted molar refractivity (Wildman–Crippen MR) is 78.9 cm³/mol. The number of nitrogens with two attached hydrogens (primary N) is 1. The number of hydrogen-bond acceptors (Lipinski definition) is 3. The molecule has 2 N–H and O–H groups in total. The molecule has 2 aromatic heterocycles. The molecule has 1 aromatic carbocycles. The number of nitrogen functional groups attached to an aromatic ring is 1. The van der Waals surface area contributed by atoms with Crippen LogP contribution in [0.2, 0.25) is 0 Å². The molecule has 0 atom stereocenters. The van der Waals surface area contributed by atoms with Crippen molar-refractivity contribution in [3.63, 3.8) is 0 Å². The van der Waals surface area contributed by atoms with Crippen LogP contribution in [0.15, 0.2) is 42.6 Å². The molecule has 3 aromatic rings. The molecule has 0 aliphatic heterocycles. The number of anilines is 1. The Balaban J connectivity index is 2.30. The molecule has 0 saturated heterocycles. The van der Waals surface area contributed by atoms with Crippen LogP contribution in [0.3, 0.4) is 0 Å². The molecule has 0 fully saturated rings. The molecule has 3 rings (SSSR count). The van der Waals surface area contributed by atoms with Gasteiger partial charge in [0.2, 0.25) is 0 Å². The third kappa shape index (κ3) is 2.03. The van der Waals surface area contributed by atoms with Gasteiger partial charge < -0.3 is 5.73 Å². The Morgan fingerprint density at radius 1 is 1.00 bits per heavy atom. The van der Waals surface area contributed by atoms with E-state index in [0.29, 0.717) is 11.5 Å². The maximum atomic E-state index is 6.09. The fourth-order valence-corrected chi connectivity index (χ4v) is 2.26. The van der Waals surface area contributed by atoms with Gasteiger partial charge in [0.15, 0.2) is 5.65 Å². The van der Waals surface area contributed by atoms with Crippen LogP contribution in [-0.4, -0.2) is 9.97 Å². The lowest BCUT2D eigenvalue weighted by molar-refractivity contribution is 1.29. The maximum Gasteiger partial charge on any atom is 0.161 e. The van der Waals surface area contributed by atoms with Gasteiger partial charge in [-0.05, 0) is 43.2 Å². The molecule has 2 heterocycles. The van der Waals surface area contributed by atoms with E-state index >= 15 is 0 Å². The third-order valence-electron chi connectivity index (χ3n) is 3.30. The van der Waals surface area contributed by atoms with Gasteiger partial charge in [-0.1, -0.05) is 23.8 Å². The van der Waals surface area contributed by atoms with Crippen LogP contribution in [0, 0.1) is 13.8 Å². The van der Waals surface area contributed by atoms with Gasteiger partial charge in [0.1, 0.15) is 5.82 Å². The van der Waals surface area contributed by atoms with Crippen molar-refractivity contribution in [3.8, 4) is 11.1 Å². The van der Waals surface area contributed by atoms with Gasteiger partial charge in [0.05, 0.1) is 0 Å². The van der Waals surface area contributed by atoms with Crippen LogP contribution in [0.5, 0.6) is 0 Å². The highest BCUT2D eigenvalue weighted by atomic mass is 14.9. The van der Waals surface area contributed by atoms with E-state index in [1.54, 1.807) is 6.20 Å². The summed E-state index contributed by atoms with van der Waals surface area (Å²) in [7, 11) is 0. The summed E-state index contributed by atoms with van der Waals surface area (Å²) in [5, 5.41) is 1.01. The minimum Gasteiger partial charge on any atom is -0.383 e. The second-order valence-corrected chi connectivity index (χ2v) is 4.79. The third-order valence-corrected chi connectivity index (χ3v) is 3.30. The van der Waals surface area contributed by atoms with Crippen LogP contribution in [0.1, 0.15) is 11.1 Å². The van der Waals surface area contributed by atoms with E-state index in [4.69, 9.17) is 5.73 Å². The smallest absolute Gasteiger partial charge is 0.161 e. The molecule has 0 saturated carbocycles. The summed E-state index contributed by atoms with van der Waals surface area (Å²) in [6.45, 7) is 4.16. The Morgan fingerprint density at radius 3 is 2.68 bits per heavy atom. The normalized spacial score (nSPS) is 10.8. The van der Waals surface area contributed by atoms with E-state index in [1.165, 1.54) is 11.1 Å². The molecule has 0 bridgehead atoms. The largest absolute Gasteiger partial charge is 0.383 e. The van der Waals surface area contributed by atoms with Gasteiger partial charge in [-0.2, -0.15) is 0 Å². The Morgan fingerprint density at radius 2 is 1.84 bits per heavy atom. The first kappa shape index (κ1) is 11.7. The van der Waals surface area contributed by atoms with E-state index in [2.05, 4.69) is 48.1 Å². The van der Waals surface area contributed by atoms with Crippen molar-refractivity contribution in [1.82, 2.24) is 9.97 Å². The van der Waals surface area contributed by atoms with Gasteiger partial charge in [0, 0.05) is 17.1 Å². The summed E-state index contributed by atoms with van der Waals surface area (Å²) in [5.41, 5.74) is 11.3. The molecule has 0 aliphatic rings. The topological polar surface area (TPSA) is 51.8 Å². The summed E-state index contributed by atoms with van der Waals surface area (Å²) >= 11 is 0. The average Bonchev–Trinajstić information content (AvgIpc) is 2.41. The highest BCUT2D eigenvalue weighted by molar-refractivity contribution is 5.87. The molecule has 0 aliphatic carbocycles. The second-order valence-electron chi connectivity index (χ2n) is 4.79. The number of hydrogen-bond donors (Lipinski definition) is 1. The number of fused-ring (bicyclic) bond motifs is 1. The quantitative estimate of drug-likeness (QED) is 0.718. The zero-order valence-corrected chi connectivity index (χ0v) is 11.0. The summed E-state index contributed by atoms with van der Waals surface area (Å²) in [4.78, 5) is 8.62. The number of aryl methyl sites for hydroxylation is 2. The first-order chi connectivity index (χ1) is 9.15. The fourth-order valence-electron chi connectivity index (χ4n) is 2.26. The van der Waals surface area contributed by atoms with E-state index < -0.39 is 0 Å². The summed E-state index contributed by atoms with van der Waals surface area (Å²) in [6, 6.07) is 12.3. The Hall–Kier alpha value is -2.42. The minimum absolute atomic E-state index is 0.528. The van der Waals surface area contributed by atoms with Crippen LogP contribution < -0.4 is 5.73 Å². The molecular formula is C16H15N3. The zero-order chi connectivity index (χ0) is 13.4. The van der Waals surface area contributed by atoms with Crippen molar-refractivity contribution in [2.45, 2.75) is 13.8 Å².